The third-order valence-corrected chi connectivity index (χ3v) is 4.36. The molecule has 1 aromatic rings. The molecule has 0 spiro atoms. The van der Waals surface area contributed by atoms with Gasteiger partial charge in [0.1, 0.15) is 0 Å². The number of rotatable bonds is 7. The zero-order valence-corrected chi connectivity index (χ0v) is 11.1. The Morgan fingerprint density at radius 1 is 1.35 bits per heavy atom. The fourth-order valence-corrected chi connectivity index (χ4v) is 3.39. The van der Waals surface area contributed by atoms with Crippen molar-refractivity contribution in [1.82, 2.24) is 14.5 Å². The molecule has 17 heavy (non-hydrogen) atoms. The number of sulfonamides is 1. The molecule has 3 N–H and O–H groups in total. The maximum Gasteiger partial charge on any atom is 0.260 e. The average molecular weight is 260 g/mol. The van der Waals surface area contributed by atoms with Gasteiger partial charge in [0.2, 0.25) is 0 Å². The lowest BCUT2D eigenvalue weighted by Gasteiger charge is -2.20. The standard InChI is InChI=1S/C10H20N4O2S/c1-3-5-14(6-4-2)17(15,16)10-9(7-11)8-12-13-10/h8H,3-7,11H2,1-2H3,(H,12,13). The molecule has 98 valence electrons. The predicted molar refractivity (Wildman–Crippen MR) is 65.8 cm³/mol. The minimum absolute atomic E-state index is 0.127. The Kier molecular flexibility index (Phi) is 5.10. The first-order valence-corrected chi connectivity index (χ1v) is 7.24. The summed E-state index contributed by atoms with van der Waals surface area (Å²) in [7, 11) is -3.49. The minimum atomic E-state index is -3.49. The highest BCUT2D eigenvalue weighted by molar-refractivity contribution is 7.89. The summed E-state index contributed by atoms with van der Waals surface area (Å²) in [6.45, 7) is 5.10. The van der Waals surface area contributed by atoms with Crippen LogP contribution in [-0.2, 0) is 16.6 Å². The van der Waals surface area contributed by atoms with Crippen molar-refractivity contribution in [3.63, 3.8) is 0 Å². The molecule has 0 aliphatic carbocycles. The first-order chi connectivity index (χ1) is 8.07. The average Bonchev–Trinajstić information content (AvgIpc) is 2.77. The van der Waals surface area contributed by atoms with Crippen LogP contribution in [0.2, 0.25) is 0 Å². The lowest BCUT2D eigenvalue weighted by molar-refractivity contribution is 0.407. The van der Waals surface area contributed by atoms with Gasteiger partial charge in [-0.05, 0) is 12.8 Å². The third kappa shape index (κ3) is 3.05. The minimum Gasteiger partial charge on any atom is -0.326 e. The van der Waals surface area contributed by atoms with Crippen LogP contribution >= 0.6 is 0 Å². The molecule has 1 aromatic heterocycles. The van der Waals surface area contributed by atoms with E-state index in [1.807, 2.05) is 13.8 Å². The lowest BCUT2D eigenvalue weighted by Crippen LogP contribution is -2.33. The summed E-state index contributed by atoms with van der Waals surface area (Å²) in [5, 5.41) is 6.41. The van der Waals surface area contributed by atoms with E-state index in [-0.39, 0.29) is 11.6 Å². The number of aromatic amines is 1. The van der Waals surface area contributed by atoms with Gasteiger partial charge >= 0.3 is 0 Å². The fourth-order valence-electron chi connectivity index (χ4n) is 1.65. The molecule has 0 amide bonds. The molecule has 0 radical (unpaired) electrons. The predicted octanol–water partition coefficient (Wildman–Crippen LogP) is 0.679. The molecule has 0 aromatic carbocycles. The van der Waals surface area contributed by atoms with Crippen LogP contribution in [0.5, 0.6) is 0 Å². The van der Waals surface area contributed by atoms with Gasteiger partial charge in [-0.3, -0.25) is 5.10 Å². The van der Waals surface area contributed by atoms with Gasteiger partial charge in [-0.25, -0.2) is 8.42 Å². The molecule has 0 aliphatic heterocycles. The van der Waals surface area contributed by atoms with Crippen LogP contribution < -0.4 is 5.73 Å². The van der Waals surface area contributed by atoms with E-state index in [0.717, 1.165) is 12.8 Å². The van der Waals surface area contributed by atoms with Crippen molar-refractivity contribution in [3.8, 4) is 0 Å². The van der Waals surface area contributed by atoms with E-state index < -0.39 is 10.0 Å². The van der Waals surface area contributed by atoms with E-state index in [9.17, 15) is 8.42 Å². The van der Waals surface area contributed by atoms with Gasteiger partial charge in [-0.1, -0.05) is 13.8 Å². The van der Waals surface area contributed by atoms with Crippen LogP contribution in [0.25, 0.3) is 0 Å². The van der Waals surface area contributed by atoms with E-state index in [1.54, 1.807) is 0 Å². The number of H-pyrrole nitrogens is 1. The molecule has 7 heteroatoms. The molecule has 0 fully saturated rings. The molecule has 0 aliphatic rings. The number of nitrogens with zero attached hydrogens (tertiary/aromatic N) is 2. The number of hydrogen-bond donors (Lipinski definition) is 2. The Morgan fingerprint density at radius 3 is 2.41 bits per heavy atom. The van der Waals surface area contributed by atoms with Gasteiger partial charge < -0.3 is 5.73 Å². The highest BCUT2D eigenvalue weighted by atomic mass is 32.2. The van der Waals surface area contributed by atoms with Crippen molar-refractivity contribution in [1.29, 1.82) is 0 Å². The number of nitrogens with one attached hydrogen (secondary N) is 1. The van der Waals surface area contributed by atoms with Crippen molar-refractivity contribution in [2.45, 2.75) is 38.3 Å². The SMILES string of the molecule is CCCN(CCC)S(=O)(=O)c1[nH]ncc1CN. The van der Waals surface area contributed by atoms with Crippen LogP contribution in [0.15, 0.2) is 11.2 Å². The second-order valence-electron chi connectivity index (χ2n) is 3.83. The maximum atomic E-state index is 12.4. The molecule has 1 rings (SSSR count). The zero-order chi connectivity index (χ0) is 12.9. The highest BCUT2D eigenvalue weighted by Crippen LogP contribution is 2.17. The van der Waals surface area contributed by atoms with E-state index in [0.29, 0.717) is 18.7 Å². The summed E-state index contributed by atoms with van der Waals surface area (Å²) in [5.74, 6) is 0. The first kappa shape index (κ1) is 14.1. The van der Waals surface area contributed by atoms with E-state index in [4.69, 9.17) is 5.73 Å². The van der Waals surface area contributed by atoms with Gasteiger partial charge in [0.15, 0.2) is 5.03 Å². The Labute approximate surface area is 102 Å². The second-order valence-corrected chi connectivity index (χ2v) is 5.71. The van der Waals surface area contributed by atoms with E-state index >= 15 is 0 Å². The number of hydrogen-bond acceptors (Lipinski definition) is 4. The Bertz CT molecular complexity index is 435. The molecule has 0 saturated heterocycles. The quantitative estimate of drug-likeness (QED) is 0.754. The normalized spacial score (nSPS) is 12.2. The second kappa shape index (κ2) is 6.13. The van der Waals surface area contributed by atoms with Gasteiger partial charge in [0.05, 0.1) is 6.20 Å². The molecule has 1 heterocycles. The van der Waals surface area contributed by atoms with Crippen molar-refractivity contribution >= 4 is 10.0 Å². The molecule has 0 bridgehead atoms. The fraction of sp³-hybridized carbons (Fsp3) is 0.700. The summed E-state index contributed by atoms with van der Waals surface area (Å²) in [6.07, 6.45) is 3.03. The molecular weight excluding hydrogens is 240 g/mol. The van der Waals surface area contributed by atoms with E-state index in [2.05, 4.69) is 10.2 Å². The van der Waals surface area contributed by atoms with Crippen molar-refractivity contribution in [3.05, 3.63) is 11.8 Å². The summed E-state index contributed by atoms with van der Waals surface area (Å²) in [5.41, 5.74) is 6.03. The summed E-state index contributed by atoms with van der Waals surface area (Å²) >= 11 is 0. The van der Waals surface area contributed by atoms with E-state index in [1.165, 1.54) is 10.5 Å². The number of aromatic nitrogens is 2. The van der Waals surface area contributed by atoms with Crippen LogP contribution in [0.3, 0.4) is 0 Å². The lowest BCUT2D eigenvalue weighted by atomic mass is 10.4. The zero-order valence-electron chi connectivity index (χ0n) is 10.3. The Morgan fingerprint density at radius 2 is 1.94 bits per heavy atom. The molecule has 6 nitrogen and oxygen atoms in total. The Balaban J connectivity index is 3.07. The van der Waals surface area contributed by atoms with Crippen molar-refractivity contribution in [2.75, 3.05) is 13.1 Å². The molecular formula is C10H20N4O2S. The van der Waals surface area contributed by atoms with Gasteiger partial charge in [0, 0.05) is 25.2 Å². The van der Waals surface area contributed by atoms with Gasteiger partial charge in [-0.2, -0.15) is 9.40 Å². The third-order valence-electron chi connectivity index (χ3n) is 2.44. The summed E-state index contributed by atoms with van der Waals surface area (Å²) in [4.78, 5) is 0. The van der Waals surface area contributed by atoms with Crippen LogP contribution in [0, 0.1) is 0 Å². The highest BCUT2D eigenvalue weighted by Gasteiger charge is 2.26. The summed E-state index contributed by atoms with van der Waals surface area (Å²) in [6, 6.07) is 0. The van der Waals surface area contributed by atoms with Gasteiger partial charge in [-0.15, -0.1) is 0 Å². The maximum absolute atomic E-state index is 12.4. The van der Waals surface area contributed by atoms with Crippen molar-refractivity contribution in [2.24, 2.45) is 5.73 Å². The molecule has 0 saturated carbocycles. The van der Waals surface area contributed by atoms with Gasteiger partial charge in [0.25, 0.3) is 10.0 Å². The first-order valence-electron chi connectivity index (χ1n) is 5.80. The smallest absolute Gasteiger partial charge is 0.260 e. The van der Waals surface area contributed by atoms with Crippen LogP contribution in [-0.4, -0.2) is 36.0 Å². The molecule has 0 unspecified atom stereocenters. The topological polar surface area (TPSA) is 92.1 Å². The van der Waals surface area contributed by atoms with Crippen molar-refractivity contribution < 1.29 is 8.42 Å². The largest absolute Gasteiger partial charge is 0.326 e. The Hall–Kier alpha value is -0.920. The van der Waals surface area contributed by atoms with Crippen LogP contribution in [0.4, 0.5) is 0 Å². The monoisotopic (exact) mass is 260 g/mol. The van der Waals surface area contributed by atoms with Crippen LogP contribution in [0.1, 0.15) is 32.3 Å². The number of nitrogens with two attached hydrogens (primary N) is 1. The summed E-state index contributed by atoms with van der Waals surface area (Å²) < 4.78 is 26.2. The molecule has 0 atom stereocenters.